The largest absolute Gasteiger partial charge is 0.503 e. The molecule has 1 aromatic carbocycles. The Morgan fingerprint density at radius 3 is 2.08 bits per heavy atom. The lowest BCUT2D eigenvalue weighted by Gasteiger charge is -2.05. The molecule has 1 N–H and O–H groups in total. The van der Waals surface area contributed by atoms with E-state index in [-0.39, 0.29) is 5.25 Å². The Bertz CT molecular complexity index is 276. The minimum atomic E-state index is -0.953. The SMILES string of the molecule is CC(S)c1cc(F)c(O)c(F)c1. The predicted molar refractivity (Wildman–Crippen MR) is 45.4 cm³/mol. The second kappa shape index (κ2) is 3.31. The summed E-state index contributed by atoms with van der Waals surface area (Å²) in [6.07, 6.45) is 0. The second-order valence-electron chi connectivity index (χ2n) is 2.51. The van der Waals surface area contributed by atoms with Crippen LogP contribution in [0.25, 0.3) is 0 Å². The van der Waals surface area contributed by atoms with E-state index in [9.17, 15) is 8.78 Å². The number of benzene rings is 1. The number of halogens is 2. The van der Waals surface area contributed by atoms with Crippen LogP contribution in [0.1, 0.15) is 17.7 Å². The van der Waals surface area contributed by atoms with Crippen LogP contribution < -0.4 is 0 Å². The molecule has 0 aromatic heterocycles. The average Bonchev–Trinajstić information content (AvgIpc) is 1.99. The van der Waals surface area contributed by atoms with Crippen LogP contribution in [0.3, 0.4) is 0 Å². The summed E-state index contributed by atoms with van der Waals surface area (Å²) < 4.78 is 25.4. The van der Waals surface area contributed by atoms with Crippen molar-refractivity contribution in [2.75, 3.05) is 0 Å². The third-order valence-electron chi connectivity index (χ3n) is 1.52. The van der Waals surface area contributed by atoms with Crippen molar-refractivity contribution < 1.29 is 13.9 Å². The molecule has 0 aliphatic carbocycles. The van der Waals surface area contributed by atoms with E-state index in [4.69, 9.17) is 5.11 Å². The number of rotatable bonds is 1. The van der Waals surface area contributed by atoms with Gasteiger partial charge in [0.1, 0.15) is 0 Å². The first-order chi connectivity index (χ1) is 5.52. The molecule has 1 aromatic rings. The Morgan fingerprint density at radius 1 is 1.33 bits per heavy atom. The summed E-state index contributed by atoms with van der Waals surface area (Å²) in [5.41, 5.74) is 0.408. The highest BCUT2D eigenvalue weighted by atomic mass is 32.1. The Balaban J connectivity index is 3.21. The second-order valence-corrected chi connectivity index (χ2v) is 3.28. The van der Waals surface area contributed by atoms with Crippen molar-refractivity contribution >= 4 is 12.6 Å². The number of aromatic hydroxyl groups is 1. The Labute approximate surface area is 74.4 Å². The molecule has 0 spiro atoms. The van der Waals surface area contributed by atoms with Gasteiger partial charge in [0.05, 0.1) is 0 Å². The first-order valence-corrected chi connectivity index (χ1v) is 3.90. The van der Waals surface area contributed by atoms with E-state index in [2.05, 4.69) is 12.6 Å². The zero-order valence-corrected chi connectivity index (χ0v) is 7.28. The van der Waals surface area contributed by atoms with Gasteiger partial charge in [0.15, 0.2) is 17.4 Å². The lowest BCUT2D eigenvalue weighted by Crippen LogP contribution is -1.90. The predicted octanol–water partition coefficient (Wildman–Crippen LogP) is 2.66. The van der Waals surface area contributed by atoms with Crippen LogP contribution in [0.2, 0.25) is 0 Å². The van der Waals surface area contributed by atoms with Crippen LogP contribution in [0.15, 0.2) is 12.1 Å². The molecule has 0 heterocycles. The molecule has 0 bridgehead atoms. The molecule has 0 saturated carbocycles. The molecule has 0 amide bonds. The van der Waals surface area contributed by atoms with Gasteiger partial charge in [0.2, 0.25) is 0 Å². The number of hydrogen-bond donors (Lipinski definition) is 2. The Hall–Kier alpha value is -0.770. The van der Waals surface area contributed by atoms with E-state index in [1.165, 1.54) is 0 Å². The van der Waals surface area contributed by atoms with Crippen LogP contribution in [0.4, 0.5) is 8.78 Å². The van der Waals surface area contributed by atoms with E-state index in [0.29, 0.717) is 5.56 Å². The fourth-order valence-corrected chi connectivity index (χ4v) is 0.975. The molecule has 0 radical (unpaired) electrons. The molecular weight excluding hydrogens is 182 g/mol. The van der Waals surface area contributed by atoms with Crippen LogP contribution in [-0.2, 0) is 0 Å². The van der Waals surface area contributed by atoms with Gasteiger partial charge in [0, 0.05) is 5.25 Å². The number of hydrogen-bond acceptors (Lipinski definition) is 2. The van der Waals surface area contributed by atoms with E-state index in [0.717, 1.165) is 12.1 Å². The minimum absolute atomic E-state index is 0.255. The van der Waals surface area contributed by atoms with Gasteiger partial charge >= 0.3 is 0 Å². The maximum atomic E-state index is 12.7. The molecule has 4 heteroatoms. The molecule has 0 aliphatic rings. The van der Waals surface area contributed by atoms with Crippen LogP contribution >= 0.6 is 12.6 Å². The normalized spacial score (nSPS) is 13.0. The van der Waals surface area contributed by atoms with Crippen molar-refractivity contribution in [3.63, 3.8) is 0 Å². The smallest absolute Gasteiger partial charge is 0.187 e. The van der Waals surface area contributed by atoms with E-state index in [1.54, 1.807) is 6.92 Å². The first kappa shape index (κ1) is 9.32. The summed E-state index contributed by atoms with van der Waals surface area (Å²) in [4.78, 5) is 0. The highest BCUT2D eigenvalue weighted by Gasteiger charge is 2.11. The summed E-state index contributed by atoms with van der Waals surface area (Å²) in [5, 5.41) is 8.48. The molecule has 0 saturated heterocycles. The topological polar surface area (TPSA) is 20.2 Å². The lowest BCUT2D eigenvalue weighted by atomic mass is 10.1. The van der Waals surface area contributed by atoms with Crippen molar-refractivity contribution in [2.45, 2.75) is 12.2 Å². The van der Waals surface area contributed by atoms with Gasteiger partial charge < -0.3 is 5.11 Å². The van der Waals surface area contributed by atoms with Gasteiger partial charge in [-0.1, -0.05) is 0 Å². The zero-order chi connectivity index (χ0) is 9.30. The summed E-state index contributed by atoms with van der Waals surface area (Å²) >= 11 is 4.00. The number of phenols is 1. The molecule has 1 nitrogen and oxygen atoms in total. The number of phenolic OH excluding ortho intramolecular Hbond substituents is 1. The third-order valence-corrected chi connectivity index (χ3v) is 1.82. The standard InChI is InChI=1S/C8H8F2OS/c1-4(12)5-2-6(9)8(11)7(10)3-5/h2-4,11-12H,1H3. The van der Waals surface area contributed by atoms with Gasteiger partial charge in [-0.3, -0.25) is 0 Å². The fourth-order valence-electron chi connectivity index (χ4n) is 0.826. The van der Waals surface area contributed by atoms with Crippen LogP contribution in [-0.4, -0.2) is 5.11 Å². The van der Waals surface area contributed by atoms with Crippen molar-refractivity contribution in [3.05, 3.63) is 29.3 Å². The van der Waals surface area contributed by atoms with Crippen molar-refractivity contribution in [1.29, 1.82) is 0 Å². The molecular formula is C8H8F2OS. The highest BCUT2D eigenvalue weighted by Crippen LogP contribution is 2.26. The fraction of sp³-hybridized carbons (Fsp3) is 0.250. The lowest BCUT2D eigenvalue weighted by molar-refractivity contribution is 0.395. The van der Waals surface area contributed by atoms with Gasteiger partial charge in [0.25, 0.3) is 0 Å². The highest BCUT2D eigenvalue weighted by molar-refractivity contribution is 7.80. The average molecular weight is 190 g/mol. The zero-order valence-electron chi connectivity index (χ0n) is 6.38. The van der Waals surface area contributed by atoms with Crippen LogP contribution in [0, 0.1) is 11.6 Å². The van der Waals surface area contributed by atoms with Gasteiger partial charge in [-0.2, -0.15) is 12.6 Å². The van der Waals surface area contributed by atoms with Crippen molar-refractivity contribution in [2.24, 2.45) is 0 Å². The Kier molecular flexibility index (Phi) is 2.57. The maximum Gasteiger partial charge on any atom is 0.187 e. The Morgan fingerprint density at radius 2 is 1.75 bits per heavy atom. The third kappa shape index (κ3) is 1.69. The molecule has 0 fully saturated rings. The quantitative estimate of drug-likeness (QED) is 0.652. The molecule has 1 unspecified atom stereocenters. The monoisotopic (exact) mass is 190 g/mol. The van der Waals surface area contributed by atoms with Crippen molar-refractivity contribution in [3.8, 4) is 5.75 Å². The molecule has 12 heavy (non-hydrogen) atoms. The summed E-state index contributed by atoms with van der Waals surface area (Å²) in [7, 11) is 0. The molecule has 1 atom stereocenters. The summed E-state index contributed by atoms with van der Waals surface area (Å²) in [5.74, 6) is -2.84. The van der Waals surface area contributed by atoms with E-state index in [1.807, 2.05) is 0 Å². The van der Waals surface area contributed by atoms with Gasteiger partial charge in [-0.15, -0.1) is 0 Å². The summed E-state index contributed by atoms with van der Waals surface area (Å²) in [6, 6.07) is 2.13. The summed E-state index contributed by atoms with van der Waals surface area (Å²) in [6.45, 7) is 1.69. The maximum absolute atomic E-state index is 12.7. The first-order valence-electron chi connectivity index (χ1n) is 3.38. The molecule has 1 rings (SSSR count). The van der Waals surface area contributed by atoms with Gasteiger partial charge in [-0.05, 0) is 24.6 Å². The molecule has 66 valence electrons. The number of thiol groups is 1. The van der Waals surface area contributed by atoms with Crippen LogP contribution in [0.5, 0.6) is 5.75 Å². The van der Waals surface area contributed by atoms with E-state index >= 15 is 0 Å². The van der Waals surface area contributed by atoms with Crippen molar-refractivity contribution in [1.82, 2.24) is 0 Å². The van der Waals surface area contributed by atoms with Gasteiger partial charge in [-0.25, -0.2) is 8.78 Å². The van der Waals surface area contributed by atoms with E-state index < -0.39 is 17.4 Å². The molecule has 0 aliphatic heterocycles. The minimum Gasteiger partial charge on any atom is -0.503 e.